The number of benzene rings is 2. The molecule has 9 heteroatoms. The molecular formula is C22H24FN3O4S. The van der Waals surface area contributed by atoms with Crippen LogP contribution in [0.25, 0.3) is 0 Å². The summed E-state index contributed by atoms with van der Waals surface area (Å²) in [6.45, 7) is 1.24. The molecule has 164 valence electrons. The minimum absolute atomic E-state index is 0.0755. The largest absolute Gasteiger partial charge is 0.376 e. The third-order valence-electron chi connectivity index (χ3n) is 5.21. The second-order valence-corrected chi connectivity index (χ2v) is 9.31. The minimum Gasteiger partial charge on any atom is -0.376 e. The first kappa shape index (κ1) is 21.6. The summed E-state index contributed by atoms with van der Waals surface area (Å²) in [6, 6.07) is 14.3. The lowest BCUT2D eigenvalue weighted by atomic mass is 10.1. The standard InChI is InChI=1S/C22H24FN3O4S/c23-18-9-6-10-19(15-18)31(27,28)26-13-5-4-11-20(26)22-24-21(25-30-22)12-14-29-16-17-7-2-1-3-8-17/h1-3,6-10,15,20H,4-5,11-14,16H2. The van der Waals surface area contributed by atoms with Crippen LogP contribution >= 0.6 is 0 Å². The van der Waals surface area contributed by atoms with Gasteiger partial charge in [-0.1, -0.05) is 48.0 Å². The SMILES string of the molecule is O=S(=O)(c1cccc(F)c1)N1CCCCC1c1nc(CCOCc2ccccc2)no1. The molecule has 2 aromatic carbocycles. The summed E-state index contributed by atoms with van der Waals surface area (Å²) in [5.74, 6) is 0.139. The van der Waals surface area contributed by atoms with Gasteiger partial charge in [0.05, 0.1) is 18.1 Å². The number of halogens is 1. The second kappa shape index (κ2) is 9.67. The van der Waals surface area contributed by atoms with Crippen molar-refractivity contribution in [2.24, 2.45) is 0 Å². The molecule has 0 saturated carbocycles. The van der Waals surface area contributed by atoms with E-state index in [1.54, 1.807) is 0 Å². The topological polar surface area (TPSA) is 85.5 Å². The van der Waals surface area contributed by atoms with Crippen LogP contribution in [0.15, 0.2) is 64.0 Å². The van der Waals surface area contributed by atoms with Crippen LogP contribution in [0.3, 0.4) is 0 Å². The van der Waals surface area contributed by atoms with Gasteiger partial charge in [0, 0.05) is 13.0 Å². The Morgan fingerprint density at radius 2 is 1.97 bits per heavy atom. The average Bonchev–Trinajstić information content (AvgIpc) is 3.26. The first-order chi connectivity index (χ1) is 15.0. The molecule has 0 aliphatic carbocycles. The number of aromatic nitrogens is 2. The monoisotopic (exact) mass is 445 g/mol. The lowest BCUT2D eigenvalue weighted by Crippen LogP contribution is -2.38. The maximum absolute atomic E-state index is 13.6. The predicted molar refractivity (Wildman–Crippen MR) is 111 cm³/mol. The van der Waals surface area contributed by atoms with Crippen LogP contribution in [-0.4, -0.2) is 36.0 Å². The zero-order valence-electron chi connectivity index (χ0n) is 17.0. The van der Waals surface area contributed by atoms with Crippen LogP contribution in [-0.2, 0) is 27.8 Å². The number of rotatable bonds is 8. The van der Waals surface area contributed by atoms with Crippen LogP contribution in [0, 0.1) is 5.82 Å². The summed E-state index contributed by atoms with van der Waals surface area (Å²) in [6.07, 6.45) is 2.59. The van der Waals surface area contributed by atoms with Crippen molar-refractivity contribution in [3.8, 4) is 0 Å². The van der Waals surface area contributed by atoms with E-state index in [4.69, 9.17) is 9.26 Å². The van der Waals surface area contributed by atoms with Crippen molar-refractivity contribution in [2.45, 2.75) is 43.2 Å². The van der Waals surface area contributed by atoms with Crippen molar-refractivity contribution in [1.29, 1.82) is 0 Å². The van der Waals surface area contributed by atoms with E-state index in [9.17, 15) is 12.8 Å². The van der Waals surface area contributed by atoms with E-state index >= 15 is 0 Å². The van der Waals surface area contributed by atoms with E-state index in [1.165, 1.54) is 22.5 Å². The number of sulfonamides is 1. The third kappa shape index (κ3) is 5.17. The number of nitrogens with zero attached hydrogens (tertiary/aromatic N) is 3. The Morgan fingerprint density at radius 3 is 2.77 bits per heavy atom. The molecule has 1 aromatic heterocycles. The van der Waals surface area contributed by atoms with Gasteiger partial charge in [0.2, 0.25) is 15.9 Å². The highest BCUT2D eigenvalue weighted by Gasteiger charge is 2.37. The van der Waals surface area contributed by atoms with E-state index in [1.807, 2.05) is 30.3 Å². The predicted octanol–water partition coefficient (Wildman–Crippen LogP) is 3.88. The van der Waals surface area contributed by atoms with Gasteiger partial charge < -0.3 is 9.26 Å². The molecule has 0 amide bonds. The fraction of sp³-hybridized carbons (Fsp3) is 0.364. The summed E-state index contributed by atoms with van der Waals surface area (Å²) in [4.78, 5) is 4.34. The maximum atomic E-state index is 13.6. The summed E-state index contributed by atoms with van der Waals surface area (Å²) in [7, 11) is -3.88. The number of piperidine rings is 1. The average molecular weight is 446 g/mol. The summed E-state index contributed by atoms with van der Waals surface area (Å²) in [5.41, 5.74) is 1.08. The molecule has 0 bridgehead atoms. The molecule has 0 N–H and O–H groups in total. The fourth-order valence-corrected chi connectivity index (χ4v) is 5.32. The minimum atomic E-state index is -3.88. The Morgan fingerprint density at radius 1 is 1.13 bits per heavy atom. The smallest absolute Gasteiger partial charge is 0.245 e. The fourth-order valence-electron chi connectivity index (χ4n) is 3.63. The zero-order valence-corrected chi connectivity index (χ0v) is 17.8. The van der Waals surface area contributed by atoms with Gasteiger partial charge >= 0.3 is 0 Å². The molecule has 1 saturated heterocycles. The molecule has 1 aliphatic rings. The molecule has 1 fully saturated rings. The molecule has 1 atom stereocenters. The highest BCUT2D eigenvalue weighted by molar-refractivity contribution is 7.89. The van der Waals surface area contributed by atoms with Crippen LogP contribution in [0.5, 0.6) is 0 Å². The Hall–Kier alpha value is -2.62. The van der Waals surface area contributed by atoms with Gasteiger partial charge in [-0.25, -0.2) is 12.8 Å². The zero-order chi connectivity index (χ0) is 21.7. The van der Waals surface area contributed by atoms with Crippen molar-refractivity contribution >= 4 is 10.0 Å². The van der Waals surface area contributed by atoms with Crippen LogP contribution in [0.4, 0.5) is 4.39 Å². The molecule has 7 nitrogen and oxygen atoms in total. The first-order valence-corrected chi connectivity index (χ1v) is 11.7. The van der Waals surface area contributed by atoms with Gasteiger partial charge in [-0.2, -0.15) is 9.29 Å². The van der Waals surface area contributed by atoms with E-state index in [2.05, 4.69) is 10.1 Å². The lowest BCUT2D eigenvalue weighted by molar-refractivity contribution is 0.122. The van der Waals surface area contributed by atoms with E-state index < -0.39 is 21.9 Å². The molecule has 0 spiro atoms. The quantitative estimate of drug-likeness (QED) is 0.489. The van der Waals surface area contributed by atoms with Gasteiger partial charge in [0.25, 0.3) is 0 Å². The number of hydrogen-bond acceptors (Lipinski definition) is 6. The highest BCUT2D eigenvalue weighted by atomic mass is 32.2. The van der Waals surface area contributed by atoms with Crippen molar-refractivity contribution in [3.63, 3.8) is 0 Å². The maximum Gasteiger partial charge on any atom is 0.245 e. The first-order valence-electron chi connectivity index (χ1n) is 10.3. The molecule has 2 heterocycles. The van der Waals surface area contributed by atoms with Gasteiger partial charge in [-0.15, -0.1) is 0 Å². The Balaban J connectivity index is 1.42. The van der Waals surface area contributed by atoms with E-state index in [-0.39, 0.29) is 10.8 Å². The normalized spacial score (nSPS) is 17.6. The van der Waals surface area contributed by atoms with Crippen molar-refractivity contribution in [3.05, 3.63) is 77.7 Å². The Bertz CT molecular complexity index is 1100. The molecule has 1 unspecified atom stereocenters. The van der Waals surface area contributed by atoms with Gasteiger partial charge in [-0.3, -0.25) is 0 Å². The summed E-state index contributed by atoms with van der Waals surface area (Å²) < 4.78 is 52.3. The Kier molecular flexibility index (Phi) is 6.74. The molecule has 1 aliphatic heterocycles. The lowest BCUT2D eigenvalue weighted by Gasteiger charge is -2.32. The summed E-state index contributed by atoms with van der Waals surface area (Å²) >= 11 is 0. The van der Waals surface area contributed by atoms with Crippen molar-refractivity contribution < 1.29 is 22.1 Å². The second-order valence-electron chi connectivity index (χ2n) is 7.42. The van der Waals surface area contributed by atoms with Gasteiger partial charge in [-0.05, 0) is 36.6 Å². The molecule has 4 rings (SSSR count). The van der Waals surface area contributed by atoms with Crippen molar-refractivity contribution in [2.75, 3.05) is 13.2 Å². The molecule has 0 radical (unpaired) electrons. The van der Waals surface area contributed by atoms with Crippen LogP contribution in [0.2, 0.25) is 0 Å². The Labute approximate surface area is 180 Å². The van der Waals surface area contributed by atoms with E-state index in [0.717, 1.165) is 24.5 Å². The molecule has 3 aromatic rings. The van der Waals surface area contributed by atoms with Crippen LogP contribution < -0.4 is 0 Å². The molecular weight excluding hydrogens is 421 g/mol. The molecule has 31 heavy (non-hydrogen) atoms. The number of ether oxygens (including phenoxy) is 1. The highest BCUT2D eigenvalue weighted by Crippen LogP contribution is 2.34. The van der Waals surface area contributed by atoms with E-state index in [0.29, 0.717) is 38.4 Å². The van der Waals surface area contributed by atoms with Gasteiger partial charge in [0.15, 0.2) is 5.82 Å². The van der Waals surface area contributed by atoms with Crippen molar-refractivity contribution in [1.82, 2.24) is 14.4 Å². The van der Waals surface area contributed by atoms with Gasteiger partial charge in [0.1, 0.15) is 11.9 Å². The summed E-state index contributed by atoms with van der Waals surface area (Å²) in [5, 5.41) is 3.99. The number of hydrogen-bond donors (Lipinski definition) is 0. The third-order valence-corrected chi connectivity index (χ3v) is 7.11. The van der Waals surface area contributed by atoms with Crippen LogP contribution in [0.1, 0.15) is 42.6 Å².